The third kappa shape index (κ3) is 2.20. The summed E-state index contributed by atoms with van der Waals surface area (Å²) in [6, 6.07) is 3.86. The minimum absolute atomic E-state index is 0.145. The zero-order valence-electron chi connectivity index (χ0n) is 17.3. The van der Waals surface area contributed by atoms with E-state index in [1.165, 1.54) is 0 Å². The van der Waals surface area contributed by atoms with Crippen molar-refractivity contribution in [3.05, 3.63) is 30.1 Å². The number of aromatic nitrogens is 1. The predicted octanol–water partition coefficient (Wildman–Crippen LogP) is 3.79. The molecule has 5 rings (SSSR count). The van der Waals surface area contributed by atoms with Crippen LogP contribution >= 0.6 is 0 Å². The summed E-state index contributed by atoms with van der Waals surface area (Å²) in [6.45, 7) is 4.55. The van der Waals surface area contributed by atoms with Gasteiger partial charge in [0.1, 0.15) is 0 Å². The van der Waals surface area contributed by atoms with Crippen LogP contribution < -0.4 is 0 Å². The summed E-state index contributed by atoms with van der Waals surface area (Å²) in [7, 11) is 0. The number of aliphatic hydroxyl groups excluding tert-OH is 1. The second-order valence-corrected chi connectivity index (χ2v) is 10.8. The Morgan fingerprint density at radius 2 is 1.79 bits per heavy atom. The summed E-state index contributed by atoms with van der Waals surface area (Å²) in [5.41, 5.74) is -1.31. The van der Waals surface area contributed by atoms with Gasteiger partial charge in [-0.15, -0.1) is 0 Å². The van der Waals surface area contributed by atoms with Crippen LogP contribution in [0.15, 0.2) is 24.5 Å². The lowest BCUT2D eigenvalue weighted by molar-refractivity contribution is -0.238. The molecule has 1 heterocycles. The maximum absolute atomic E-state index is 12.2. The van der Waals surface area contributed by atoms with Crippen molar-refractivity contribution in [2.45, 2.75) is 88.9 Å². The fraction of sp³-hybridized carbons (Fsp3) is 0.792. The molecular formula is C24H35NO3. The Morgan fingerprint density at radius 1 is 0.964 bits per heavy atom. The number of hydrogen-bond donors (Lipinski definition) is 3. The van der Waals surface area contributed by atoms with E-state index in [2.05, 4.69) is 18.8 Å². The van der Waals surface area contributed by atoms with Gasteiger partial charge in [-0.3, -0.25) is 4.98 Å². The molecule has 8 atom stereocenters. The van der Waals surface area contributed by atoms with Crippen molar-refractivity contribution >= 4 is 0 Å². The molecular weight excluding hydrogens is 350 g/mol. The average Bonchev–Trinajstić information content (AvgIpc) is 2.91. The number of nitrogens with zero attached hydrogens (tertiary/aromatic N) is 1. The molecule has 0 aliphatic heterocycles. The topological polar surface area (TPSA) is 73.6 Å². The van der Waals surface area contributed by atoms with Crippen LogP contribution in [0, 0.1) is 28.6 Å². The summed E-state index contributed by atoms with van der Waals surface area (Å²) in [4.78, 5) is 4.25. The molecule has 0 aromatic carbocycles. The van der Waals surface area contributed by atoms with Gasteiger partial charge in [0, 0.05) is 23.4 Å². The zero-order valence-corrected chi connectivity index (χ0v) is 17.3. The molecule has 4 aliphatic carbocycles. The Labute approximate surface area is 168 Å². The van der Waals surface area contributed by atoms with Crippen molar-refractivity contribution in [1.82, 2.24) is 4.98 Å². The molecule has 3 unspecified atom stereocenters. The third-order valence-electron chi connectivity index (χ3n) is 10.1. The molecule has 0 radical (unpaired) electrons. The molecule has 4 aliphatic rings. The highest BCUT2D eigenvalue weighted by Crippen LogP contribution is 2.71. The Balaban J connectivity index is 1.52. The Morgan fingerprint density at radius 3 is 2.54 bits per heavy atom. The van der Waals surface area contributed by atoms with Crippen molar-refractivity contribution in [2.75, 3.05) is 0 Å². The first kappa shape index (κ1) is 19.0. The molecule has 4 fully saturated rings. The van der Waals surface area contributed by atoms with Crippen molar-refractivity contribution in [3.63, 3.8) is 0 Å². The van der Waals surface area contributed by atoms with Gasteiger partial charge >= 0.3 is 0 Å². The van der Waals surface area contributed by atoms with E-state index in [0.29, 0.717) is 24.7 Å². The normalized spacial score (nSPS) is 53.2. The van der Waals surface area contributed by atoms with Crippen molar-refractivity contribution in [2.24, 2.45) is 28.6 Å². The van der Waals surface area contributed by atoms with Gasteiger partial charge in [0.25, 0.3) is 0 Å². The predicted molar refractivity (Wildman–Crippen MR) is 107 cm³/mol. The average molecular weight is 386 g/mol. The van der Waals surface area contributed by atoms with Gasteiger partial charge < -0.3 is 15.3 Å². The van der Waals surface area contributed by atoms with Crippen LogP contribution in [0.4, 0.5) is 0 Å². The van der Waals surface area contributed by atoms with E-state index < -0.39 is 16.6 Å². The monoisotopic (exact) mass is 385 g/mol. The van der Waals surface area contributed by atoms with Crippen molar-refractivity contribution in [1.29, 1.82) is 0 Å². The van der Waals surface area contributed by atoms with Crippen LogP contribution in [-0.2, 0) is 5.60 Å². The molecule has 4 saturated carbocycles. The first-order chi connectivity index (χ1) is 13.2. The van der Waals surface area contributed by atoms with E-state index >= 15 is 0 Å². The van der Waals surface area contributed by atoms with Crippen LogP contribution in [0.3, 0.4) is 0 Å². The quantitative estimate of drug-likeness (QED) is 0.688. The first-order valence-electron chi connectivity index (χ1n) is 11.3. The van der Waals surface area contributed by atoms with Gasteiger partial charge in [0.05, 0.1) is 17.3 Å². The molecule has 0 saturated heterocycles. The number of hydrogen-bond acceptors (Lipinski definition) is 4. The summed E-state index contributed by atoms with van der Waals surface area (Å²) < 4.78 is 0. The summed E-state index contributed by atoms with van der Waals surface area (Å²) in [5, 5.41) is 34.3. The lowest BCUT2D eigenvalue weighted by Gasteiger charge is -2.64. The highest BCUT2D eigenvalue weighted by molar-refractivity contribution is 5.30. The second kappa shape index (κ2) is 6.02. The van der Waals surface area contributed by atoms with E-state index in [4.69, 9.17) is 0 Å². The van der Waals surface area contributed by atoms with E-state index in [0.717, 1.165) is 50.5 Å². The maximum atomic E-state index is 12.2. The number of aliphatic hydroxyl groups is 3. The minimum Gasteiger partial charge on any atom is -0.393 e. The molecule has 1 aromatic heterocycles. The van der Waals surface area contributed by atoms with Crippen LogP contribution in [0.1, 0.15) is 77.2 Å². The largest absolute Gasteiger partial charge is 0.393 e. The maximum Gasteiger partial charge on any atom is 0.0993 e. The molecule has 4 heteroatoms. The fourth-order valence-electron chi connectivity index (χ4n) is 8.29. The molecule has 3 N–H and O–H groups in total. The van der Waals surface area contributed by atoms with Crippen molar-refractivity contribution in [3.8, 4) is 0 Å². The standard InChI is InChI=1S/C24H35NO3/c1-21-9-7-18(26)14-16(21)5-6-20-19(21)8-10-22(2)23(27,11-12-24(20,22)28)17-4-3-13-25-15-17/h3-4,13,15-16,18-20,26-28H,5-12,14H2,1-2H3/t16?,18?,19-,20-,21+,22-,23?,24-/m1/s1. The highest BCUT2D eigenvalue weighted by Gasteiger charge is 2.72. The Kier molecular flexibility index (Phi) is 4.09. The van der Waals surface area contributed by atoms with Gasteiger partial charge in [-0.1, -0.05) is 19.9 Å². The number of fused-ring (bicyclic) bond motifs is 5. The van der Waals surface area contributed by atoms with Crippen LogP contribution in [0.25, 0.3) is 0 Å². The van der Waals surface area contributed by atoms with Gasteiger partial charge in [0.2, 0.25) is 0 Å². The van der Waals surface area contributed by atoms with Crippen LogP contribution in [0.5, 0.6) is 0 Å². The summed E-state index contributed by atoms with van der Waals surface area (Å²) >= 11 is 0. The Hall–Kier alpha value is -0.970. The van der Waals surface area contributed by atoms with Gasteiger partial charge in [-0.25, -0.2) is 0 Å². The molecule has 0 amide bonds. The number of pyridine rings is 1. The van der Waals surface area contributed by atoms with E-state index in [1.807, 2.05) is 12.1 Å². The molecule has 0 spiro atoms. The van der Waals surface area contributed by atoms with Gasteiger partial charge in [-0.05, 0) is 87.0 Å². The van der Waals surface area contributed by atoms with Gasteiger partial charge in [0.15, 0.2) is 0 Å². The lowest BCUT2D eigenvalue weighted by Crippen LogP contribution is -2.64. The summed E-state index contributed by atoms with van der Waals surface area (Å²) in [5.74, 6) is 1.31. The van der Waals surface area contributed by atoms with Crippen LogP contribution in [-0.4, -0.2) is 32.0 Å². The third-order valence-corrected chi connectivity index (χ3v) is 10.1. The molecule has 0 bridgehead atoms. The van der Waals surface area contributed by atoms with E-state index in [1.54, 1.807) is 12.4 Å². The molecule has 154 valence electrons. The summed E-state index contributed by atoms with van der Waals surface area (Å²) in [6.07, 6.45) is 11.6. The molecule has 28 heavy (non-hydrogen) atoms. The molecule has 4 nitrogen and oxygen atoms in total. The van der Waals surface area contributed by atoms with E-state index in [9.17, 15) is 15.3 Å². The SMILES string of the molecule is C[C@]12CCC(O)CC1CC[C@@H]1[C@H]2CC[C@]2(C)C(O)(c3cccnc3)CC[C@@]12O. The highest BCUT2D eigenvalue weighted by atomic mass is 16.3. The Bertz CT molecular complexity index is 755. The smallest absolute Gasteiger partial charge is 0.0993 e. The fourth-order valence-corrected chi connectivity index (χ4v) is 8.29. The van der Waals surface area contributed by atoms with Crippen molar-refractivity contribution < 1.29 is 15.3 Å². The van der Waals surface area contributed by atoms with Crippen LogP contribution in [0.2, 0.25) is 0 Å². The number of rotatable bonds is 1. The second-order valence-electron chi connectivity index (χ2n) is 10.8. The minimum atomic E-state index is -1.01. The first-order valence-corrected chi connectivity index (χ1v) is 11.3. The lowest BCUT2D eigenvalue weighted by atomic mass is 9.43. The zero-order chi connectivity index (χ0) is 19.8. The van der Waals surface area contributed by atoms with Gasteiger partial charge in [-0.2, -0.15) is 0 Å². The molecule has 1 aromatic rings. The van der Waals surface area contributed by atoms with E-state index in [-0.39, 0.29) is 17.4 Å².